The van der Waals surface area contributed by atoms with Gasteiger partial charge in [-0.05, 0) is 43.9 Å². The molecule has 0 amide bonds. The van der Waals surface area contributed by atoms with Crippen molar-refractivity contribution in [1.82, 2.24) is 10.2 Å². The van der Waals surface area contributed by atoms with Crippen LogP contribution in [0.4, 0.5) is 0 Å². The Morgan fingerprint density at radius 2 is 2.00 bits per heavy atom. The van der Waals surface area contributed by atoms with Gasteiger partial charge in [0, 0.05) is 31.2 Å². The SMILES string of the molecule is CCC1(CC)CNCCN1C1CC2CCC1C2. The molecule has 0 aromatic heterocycles. The van der Waals surface area contributed by atoms with Crippen molar-refractivity contribution in [2.45, 2.75) is 64.0 Å². The summed E-state index contributed by atoms with van der Waals surface area (Å²) in [5.41, 5.74) is 0.466. The van der Waals surface area contributed by atoms with E-state index in [0.717, 1.165) is 17.9 Å². The van der Waals surface area contributed by atoms with Crippen LogP contribution in [0.25, 0.3) is 0 Å². The number of hydrogen-bond acceptors (Lipinski definition) is 2. The summed E-state index contributed by atoms with van der Waals surface area (Å²) in [7, 11) is 0. The predicted octanol–water partition coefficient (Wildman–Crippen LogP) is 2.64. The summed E-state index contributed by atoms with van der Waals surface area (Å²) in [5.74, 6) is 2.11. The van der Waals surface area contributed by atoms with Crippen molar-refractivity contribution in [3.63, 3.8) is 0 Å². The van der Waals surface area contributed by atoms with E-state index < -0.39 is 0 Å². The summed E-state index contributed by atoms with van der Waals surface area (Å²) in [6.07, 6.45) is 8.71. The van der Waals surface area contributed by atoms with Crippen molar-refractivity contribution in [3.05, 3.63) is 0 Å². The molecule has 3 unspecified atom stereocenters. The van der Waals surface area contributed by atoms with Gasteiger partial charge in [-0.3, -0.25) is 4.90 Å². The summed E-state index contributed by atoms with van der Waals surface area (Å²) in [6, 6.07) is 0.927. The van der Waals surface area contributed by atoms with Crippen LogP contribution < -0.4 is 5.32 Å². The second-order valence-electron chi connectivity index (χ2n) is 6.54. The molecule has 1 aliphatic heterocycles. The number of nitrogens with zero attached hydrogens (tertiary/aromatic N) is 1. The normalized spacial score (nSPS) is 40.9. The molecule has 0 aromatic rings. The standard InChI is InChI=1S/C15H28N2/c1-3-15(4-2)11-16-7-8-17(15)14-10-12-5-6-13(14)9-12/h12-14,16H,3-11H2,1-2H3. The second kappa shape index (κ2) is 4.55. The minimum atomic E-state index is 0.466. The first-order valence-electron chi connectivity index (χ1n) is 7.76. The van der Waals surface area contributed by atoms with Crippen LogP contribution in [0.3, 0.4) is 0 Å². The molecule has 0 spiro atoms. The zero-order valence-electron chi connectivity index (χ0n) is 11.5. The van der Waals surface area contributed by atoms with Crippen LogP contribution in [0.5, 0.6) is 0 Å². The summed E-state index contributed by atoms with van der Waals surface area (Å²) < 4.78 is 0. The van der Waals surface area contributed by atoms with Gasteiger partial charge in [0.25, 0.3) is 0 Å². The Bertz CT molecular complexity index is 272. The molecule has 17 heavy (non-hydrogen) atoms. The fourth-order valence-electron chi connectivity index (χ4n) is 4.88. The molecule has 3 aliphatic rings. The first-order valence-corrected chi connectivity index (χ1v) is 7.76. The molecule has 0 aromatic carbocycles. The maximum absolute atomic E-state index is 3.63. The van der Waals surface area contributed by atoms with E-state index >= 15 is 0 Å². The monoisotopic (exact) mass is 236 g/mol. The van der Waals surface area contributed by atoms with E-state index in [4.69, 9.17) is 0 Å². The number of piperazine rings is 1. The third-order valence-electron chi connectivity index (χ3n) is 6.01. The zero-order valence-corrected chi connectivity index (χ0v) is 11.5. The van der Waals surface area contributed by atoms with Crippen molar-refractivity contribution in [2.75, 3.05) is 19.6 Å². The summed E-state index contributed by atoms with van der Waals surface area (Å²) in [6.45, 7) is 8.48. The summed E-state index contributed by atoms with van der Waals surface area (Å²) in [4.78, 5) is 2.92. The van der Waals surface area contributed by atoms with Crippen LogP contribution in [0.15, 0.2) is 0 Å². The second-order valence-corrected chi connectivity index (χ2v) is 6.54. The number of nitrogens with one attached hydrogen (secondary N) is 1. The van der Waals surface area contributed by atoms with Gasteiger partial charge in [-0.25, -0.2) is 0 Å². The molecule has 2 heteroatoms. The molecular weight excluding hydrogens is 208 g/mol. The molecule has 1 saturated heterocycles. The topological polar surface area (TPSA) is 15.3 Å². The van der Waals surface area contributed by atoms with Crippen LogP contribution in [0.1, 0.15) is 52.4 Å². The van der Waals surface area contributed by atoms with Gasteiger partial charge in [0.15, 0.2) is 0 Å². The quantitative estimate of drug-likeness (QED) is 0.810. The van der Waals surface area contributed by atoms with Crippen LogP contribution in [-0.4, -0.2) is 36.1 Å². The Morgan fingerprint density at radius 3 is 2.59 bits per heavy atom. The summed E-state index contributed by atoms with van der Waals surface area (Å²) >= 11 is 0. The first kappa shape index (κ1) is 12.0. The molecule has 1 heterocycles. The molecule has 2 bridgehead atoms. The average Bonchev–Trinajstić information content (AvgIpc) is 3.00. The van der Waals surface area contributed by atoms with E-state index in [1.54, 1.807) is 0 Å². The van der Waals surface area contributed by atoms with Crippen molar-refractivity contribution in [2.24, 2.45) is 11.8 Å². The van der Waals surface area contributed by atoms with Crippen molar-refractivity contribution < 1.29 is 0 Å². The minimum absolute atomic E-state index is 0.466. The van der Waals surface area contributed by atoms with Crippen molar-refractivity contribution in [3.8, 4) is 0 Å². The van der Waals surface area contributed by atoms with Crippen LogP contribution in [0.2, 0.25) is 0 Å². The third kappa shape index (κ3) is 1.84. The molecular formula is C15H28N2. The van der Waals surface area contributed by atoms with Crippen LogP contribution in [-0.2, 0) is 0 Å². The minimum Gasteiger partial charge on any atom is -0.314 e. The van der Waals surface area contributed by atoms with Gasteiger partial charge in [-0.2, -0.15) is 0 Å². The Labute approximate surface area is 106 Å². The molecule has 98 valence electrons. The lowest BCUT2D eigenvalue weighted by Crippen LogP contribution is -2.64. The average molecular weight is 236 g/mol. The number of rotatable bonds is 3. The highest BCUT2D eigenvalue weighted by Gasteiger charge is 2.48. The van der Waals surface area contributed by atoms with Gasteiger partial charge in [-0.15, -0.1) is 0 Å². The van der Waals surface area contributed by atoms with Gasteiger partial charge >= 0.3 is 0 Å². The highest BCUT2D eigenvalue weighted by atomic mass is 15.3. The van der Waals surface area contributed by atoms with E-state index in [-0.39, 0.29) is 0 Å². The van der Waals surface area contributed by atoms with Gasteiger partial charge in [-0.1, -0.05) is 20.3 Å². The predicted molar refractivity (Wildman–Crippen MR) is 72.1 cm³/mol. The maximum Gasteiger partial charge on any atom is 0.0332 e. The molecule has 3 rings (SSSR count). The highest BCUT2D eigenvalue weighted by molar-refractivity contribution is 5.03. The van der Waals surface area contributed by atoms with Gasteiger partial charge < -0.3 is 5.32 Å². The zero-order chi connectivity index (χ0) is 11.9. The van der Waals surface area contributed by atoms with E-state index in [1.807, 2.05) is 0 Å². The largest absolute Gasteiger partial charge is 0.314 e. The lowest BCUT2D eigenvalue weighted by Gasteiger charge is -2.52. The number of fused-ring (bicyclic) bond motifs is 2. The molecule has 3 atom stereocenters. The third-order valence-corrected chi connectivity index (χ3v) is 6.01. The van der Waals surface area contributed by atoms with Crippen LogP contribution >= 0.6 is 0 Å². The Kier molecular flexibility index (Phi) is 3.20. The molecule has 2 saturated carbocycles. The van der Waals surface area contributed by atoms with E-state index in [0.29, 0.717) is 5.54 Å². The Morgan fingerprint density at radius 1 is 1.18 bits per heavy atom. The van der Waals surface area contributed by atoms with Crippen LogP contribution in [0, 0.1) is 11.8 Å². The molecule has 2 aliphatic carbocycles. The van der Waals surface area contributed by atoms with E-state index in [1.165, 1.54) is 58.2 Å². The summed E-state index contributed by atoms with van der Waals surface area (Å²) in [5, 5.41) is 3.63. The first-order chi connectivity index (χ1) is 8.29. The fourth-order valence-corrected chi connectivity index (χ4v) is 4.88. The molecule has 1 N–H and O–H groups in total. The Hall–Kier alpha value is -0.0800. The van der Waals surface area contributed by atoms with Crippen molar-refractivity contribution >= 4 is 0 Å². The van der Waals surface area contributed by atoms with E-state index in [9.17, 15) is 0 Å². The highest BCUT2D eigenvalue weighted by Crippen LogP contribution is 2.48. The Balaban J connectivity index is 1.79. The molecule has 0 radical (unpaired) electrons. The lowest BCUT2D eigenvalue weighted by molar-refractivity contribution is -0.00743. The fraction of sp³-hybridized carbons (Fsp3) is 1.00. The smallest absolute Gasteiger partial charge is 0.0332 e. The van der Waals surface area contributed by atoms with Gasteiger partial charge in [0.2, 0.25) is 0 Å². The number of hydrogen-bond donors (Lipinski definition) is 1. The molecule has 3 fully saturated rings. The van der Waals surface area contributed by atoms with Gasteiger partial charge in [0.1, 0.15) is 0 Å². The maximum atomic E-state index is 3.63. The van der Waals surface area contributed by atoms with E-state index in [2.05, 4.69) is 24.1 Å². The van der Waals surface area contributed by atoms with Gasteiger partial charge in [0.05, 0.1) is 0 Å². The lowest BCUT2D eigenvalue weighted by atomic mass is 9.83. The molecule has 2 nitrogen and oxygen atoms in total. The van der Waals surface area contributed by atoms with Crippen molar-refractivity contribution in [1.29, 1.82) is 0 Å².